The zero-order valence-corrected chi connectivity index (χ0v) is 9.20. The fourth-order valence-electron chi connectivity index (χ4n) is 1.05. The Morgan fingerprint density at radius 2 is 2.13 bits per heavy atom. The van der Waals surface area contributed by atoms with Crippen molar-refractivity contribution in [2.75, 3.05) is 18.2 Å². The topological polar surface area (TPSA) is 64.3 Å². The van der Waals surface area contributed by atoms with Crippen molar-refractivity contribution in [3.8, 4) is 5.75 Å². The number of hydrogen-bond acceptors (Lipinski definition) is 3. The molecule has 0 heterocycles. The molecule has 4 heteroatoms. The third-order valence-electron chi connectivity index (χ3n) is 2.04. The van der Waals surface area contributed by atoms with Gasteiger partial charge in [0.05, 0.1) is 18.5 Å². The van der Waals surface area contributed by atoms with Crippen LogP contribution in [0.25, 0.3) is 0 Å². The van der Waals surface area contributed by atoms with Crippen LogP contribution in [0, 0.1) is 5.92 Å². The smallest absolute Gasteiger partial charge is 0.226 e. The first-order valence-electron chi connectivity index (χ1n) is 4.79. The summed E-state index contributed by atoms with van der Waals surface area (Å²) < 4.78 is 5.05. The highest BCUT2D eigenvalue weighted by atomic mass is 16.5. The van der Waals surface area contributed by atoms with Crippen LogP contribution in [0.4, 0.5) is 11.4 Å². The van der Waals surface area contributed by atoms with Gasteiger partial charge < -0.3 is 15.8 Å². The van der Waals surface area contributed by atoms with Crippen LogP contribution >= 0.6 is 0 Å². The Hall–Kier alpha value is -1.71. The minimum absolute atomic E-state index is 0.0602. The second-order valence-corrected chi connectivity index (χ2v) is 3.60. The van der Waals surface area contributed by atoms with Crippen molar-refractivity contribution in [2.45, 2.75) is 13.8 Å². The molecule has 0 bridgehead atoms. The van der Waals surface area contributed by atoms with Gasteiger partial charge >= 0.3 is 0 Å². The maximum atomic E-state index is 11.5. The molecule has 0 aliphatic carbocycles. The molecule has 1 aromatic rings. The van der Waals surface area contributed by atoms with E-state index in [4.69, 9.17) is 10.5 Å². The predicted octanol–water partition coefficient (Wildman–Crippen LogP) is 1.87. The number of carbonyl (C=O) groups excluding carboxylic acids is 1. The molecule has 0 saturated heterocycles. The molecule has 0 atom stereocenters. The molecule has 0 saturated carbocycles. The number of amides is 1. The van der Waals surface area contributed by atoms with Gasteiger partial charge in [-0.05, 0) is 12.1 Å². The van der Waals surface area contributed by atoms with E-state index < -0.39 is 0 Å². The van der Waals surface area contributed by atoms with E-state index in [2.05, 4.69) is 5.32 Å². The van der Waals surface area contributed by atoms with E-state index in [0.717, 1.165) is 0 Å². The maximum Gasteiger partial charge on any atom is 0.226 e. The van der Waals surface area contributed by atoms with Crippen molar-refractivity contribution in [1.82, 2.24) is 0 Å². The molecule has 0 radical (unpaired) electrons. The third kappa shape index (κ3) is 2.87. The van der Waals surface area contributed by atoms with Gasteiger partial charge in [0.2, 0.25) is 5.91 Å². The zero-order chi connectivity index (χ0) is 11.4. The summed E-state index contributed by atoms with van der Waals surface area (Å²) in [6, 6.07) is 5.16. The lowest BCUT2D eigenvalue weighted by atomic mass is 10.2. The molecule has 0 aliphatic rings. The highest BCUT2D eigenvalue weighted by Crippen LogP contribution is 2.24. The van der Waals surface area contributed by atoms with Crippen LogP contribution in [0.3, 0.4) is 0 Å². The van der Waals surface area contributed by atoms with E-state index >= 15 is 0 Å². The van der Waals surface area contributed by atoms with E-state index in [1.54, 1.807) is 25.3 Å². The lowest BCUT2D eigenvalue weighted by molar-refractivity contribution is -0.118. The minimum Gasteiger partial charge on any atom is -0.497 e. The summed E-state index contributed by atoms with van der Waals surface area (Å²) in [7, 11) is 1.57. The Bertz CT molecular complexity index is 362. The first-order valence-corrected chi connectivity index (χ1v) is 4.79. The summed E-state index contributed by atoms with van der Waals surface area (Å²) in [5.74, 6) is 0.536. The molecule has 0 fully saturated rings. The summed E-state index contributed by atoms with van der Waals surface area (Å²) in [5.41, 5.74) is 6.85. The Morgan fingerprint density at radius 1 is 1.47 bits per heavy atom. The number of benzene rings is 1. The molecule has 82 valence electrons. The highest BCUT2D eigenvalue weighted by Gasteiger charge is 2.09. The number of methoxy groups -OCH3 is 1. The fourth-order valence-corrected chi connectivity index (χ4v) is 1.05. The number of nitrogen functional groups attached to an aromatic ring is 1. The van der Waals surface area contributed by atoms with Gasteiger partial charge in [0.15, 0.2) is 0 Å². The molecule has 0 unspecified atom stereocenters. The number of carbonyl (C=O) groups is 1. The zero-order valence-electron chi connectivity index (χ0n) is 9.20. The van der Waals surface area contributed by atoms with Gasteiger partial charge in [-0.15, -0.1) is 0 Å². The molecule has 4 nitrogen and oxygen atoms in total. The van der Waals surface area contributed by atoms with E-state index in [9.17, 15) is 4.79 Å². The van der Waals surface area contributed by atoms with Crippen LogP contribution in [0.15, 0.2) is 18.2 Å². The predicted molar refractivity (Wildman–Crippen MR) is 60.9 cm³/mol. The van der Waals surface area contributed by atoms with Gasteiger partial charge in [-0.2, -0.15) is 0 Å². The number of nitrogens with two attached hydrogens (primary N) is 1. The van der Waals surface area contributed by atoms with Crippen LogP contribution in [-0.4, -0.2) is 13.0 Å². The Labute approximate surface area is 89.4 Å². The molecule has 15 heavy (non-hydrogen) atoms. The molecule has 0 spiro atoms. The van der Waals surface area contributed by atoms with Crippen LogP contribution in [0.2, 0.25) is 0 Å². The largest absolute Gasteiger partial charge is 0.497 e. The van der Waals surface area contributed by atoms with Crippen molar-refractivity contribution < 1.29 is 9.53 Å². The van der Waals surface area contributed by atoms with Gasteiger partial charge in [0.1, 0.15) is 5.75 Å². The SMILES string of the molecule is COc1ccc(N)c(NC(=O)C(C)C)c1. The Kier molecular flexibility index (Phi) is 3.55. The van der Waals surface area contributed by atoms with Gasteiger partial charge in [0.25, 0.3) is 0 Å². The molecular weight excluding hydrogens is 192 g/mol. The molecule has 0 aliphatic heterocycles. The number of anilines is 2. The minimum atomic E-state index is -0.0735. The average Bonchev–Trinajstić information content (AvgIpc) is 2.21. The van der Waals surface area contributed by atoms with Gasteiger partial charge in [-0.3, -0.25) is 4.79 Å². The fraction of sp³-hybridized carbons (Fsp3) is 0.364. The van der Waals surface area contributed by atoms with E-state index in [1.807, 2.05) is 13.8 Å². The summed E-state index contributed by atoms with van der Waals surface area (Å²) in [6.45, 7) is 3.65. The normalized spacial score (nSPS) is 10.1. The van der Waals surface area contributed by atoms with Crippen LogP contribution in [-0.2, 0) is 4.79 Å². The molecule has 1 rings (SSSR count). The summed E-state index contributed by atoms with van der Waals surface area (Å²) >= 11 is 0. The molecule has 1 aromatic carbocycles. The van der Waals surface area contributed by atoms with Crippen molar-refractivity contribution in [3.63, 3.8) is 0 Å². The summed E-state index contributed by atoms with van der Waals surface area (Å²) in [6.07, 6.45) is 0. The third-order valence-corrected chi connectivity index (χ3v) is 2.04. The van der Waals surface area contributed by atoms with Crippen LogP contribution < -0.4 is 15.8 Å². The van der Waals surface area contributed by atoms with E-state index in [-0.39, 0.29) is 11.8 Å². The van der Waals surface area contributed by atoms with Crippen molar-refractivity contribution in [2.24, 2.45) is 5.92 Å². The summed E-state index contributed by atoms with van der Waals surface area (Å²) in [5, 5.41) is 2.74. The number of nitrogens with one attached hydrogen (secondary N) is 1. The number of rotatable bonds is 3. The van der Waals surface area contributed by atoms with Crippen LogP contribution in [0.1, 0.15) is 13.8 Å². The number of hydrogen-bond donors (Lipinski definition) is 2. The van der Waals surface area contributed by atoms with Crippen molar-refractivity contribution in [1.29, 1.82) is 0 Å². The van der Waals surface area contributed by atoms with E-state index in [0.29, 0.717) is 17.1 Å². The quantitative estimate of drug-likeness (QED) is 0.745. The number of ether oxygens (including phenoxy) is 1. The molecular formula is C11H16N2O2. The van der Waals surface area contributed by atoms with Gasteiger partial charge in [-0.25, -0.2) is 0 Å². The van der Waals surface area contributed by atoms with Gasteiger partial charge in [-0.1, -0.05) is 13.8 Å². The molecule has 1 amide bonds. The second kappa shape index (κ2) is 4.68. The average molecular weight is 208 g/mol. The summed E-state index contributed by atoms with van der Waals surface area (Å²) in [4.78, 5) is 11.5. The maximum absolute atomic E-state index is 11.5. The van der Waals surface area contributed by atoms with E-state index in [1.165, 1.54) is 0 Å². The Morgan fingerprint density at radius 3 is 2.67 bits per heavy atom. The van der Waals surface area contributed by atoms with Crippen LogP contribution in [0.5, 0.6) is 5.75 Å². The second-order valence-electron chi connectivity index (χ2n) is 3.60. The monoisotopic (exact) mass is 208 g/mol. The molecule has 3 N–H and O–H groups in total. The molecule has 0 aromatic heterocycles. The highest BCUT2D eigenvalue weighted by molar-refractivity contribution is 5.95. The van der Waals surface area contributed by atoms with Crippen molar-refractivity contribution in [3.05, 3.63) is 18.2 Å². The first-order chi connectivity index (χ1) is 7.04. The lowest BCUT2D eigenvalue weighted by Gasteiger charge is -2.11. The lowest BCUT2D eigenvalue weighted by Crippen LogP contribution is -2.18. The standard InChI is InChI=1S/C11H16N2O2/c1-7(2)11(14)13-10-6-8(15-3)4-5-9(10)12/h4-7H,12H2,1-3H3,(H,13,14). The Balaban J connectivity index is 2.88. The van der Waals surface area contributed by atoms with Crippen molar-refractivity contribution >= 4 is 17.3 Å². The van der Waals surface area contributed by atoms with Gasteiger partial charge in [0, 0.05) is 12.0 Å². The first kappa shape index (κ1) is 11.4.